The van der Waals surface area contributed by atoms with Crippen molar-refractivity contribution < 1.29 is 14.3 Å². The fourth-order valence-electron chi connectivity index (χ4n) is 3.04. The molecule has 1 unspecified atom stereocenters. The molecule has 0 saturated carbocycles. The molecule has 2 aromatic rings. The van der Waals surface area contributed by atoms with Crippen LogP contribution in [0.5, 0.6) is 0 Å². The molecule has 0 aromatic heterocycles. The highest BCUT2D eigenvalue weighted by molar-refractivity contribution is 5.89. The van der Waals surface area contributed by atoms with Crippen molar-refractivity contribution in [1.29, 1.82) is 0 Å². The molecule has 0 aliphatic heterocycles. The van der Waals surface area contributed by atoms with E-state index in [-0.39, 0.29) is 17.7 Å². The highest BCUT2D eigenvalue weighted by Crippen LogP contribution is 2.25. The Hall–Kier alpha value is -2.66. The summed E-state index contributed by atoms with van der Waals surface area (Å²) < 4.78 is 5.05. The van der Waals surface area contributed by atoms with E-state index in [2.05, 4.69) is 5.32 Å². The molecule has 0 aliphatic rings. The first kappa shape index (κ1) is 21.6. The molecule has 5 heteroatoms. The predicted octanol–water partition coefficient (Wildman–Crippen LogP) is 3.57. The summed E-state index contributed by atoms with van der Waals surface area (Å²) in [6.45, 7) is 5.18. The molecular weight excluding hydrogens is 352 g/mol. The van der Waals surface area contributed by atoms with Crippen LogP contribution in [0.25, 0.3) is 0 Å². The number of amides is 2. The van der Waals surface area contributed by atoms with Gasteiger partial charge in [0, 0.05) is 32.7 Å². The van der Waals surface area contributed by atoms with Crippen molar-refractivity contribution in [3.05, 3.63) is 71.8 Å². The zero-order chi connectivity index (χ0) is 20.4. The number of benzene rings is 2. The monoisotopic (exact) mass is 382 g/mol. The van der Waals surface area contributed by atoms with E-state index in [0.717, 1.165) is 17.5 Å². The minimum atomic E-state index is -0.682. The molecule has 0 bridgehead atoms. The van der Waals surface area contributed by atoms with Gasteiger partial charge in [0.2, 0.25) is 11.8 Å². The molecule has 1 atom stereocenters. The molecular formula is C23H30N2O3. The highest BCUT2D eigenvalue weighted by Gasteiger charge is 2.32. The van der Waals surface area contributed by atoms with Gasteiger partial charge in [-0.15, -0.1) is 0 Å². The van der Waals surface area contributed by atoms with Gasteiger partial charge in [-0.3, -0.25) is 9.59 Å². The Bertz CT molecular complexity index is 732. The van der Waals surface area contributed by atoms with Crippen molar-refractivity contribution >= 4 is 11.8 Å². The topological polar surface area (TPSA) is 58.6 Å². The number of carbonyl (C=O) groups excluding carboxylic acids is 2. The average molecular weight is 383 g/mol. The maximum absolute atomic E-state index is 13.1. The quantitative estimate of drug-likeness (QED) is 0.639. The molecule has 0 saturated heterocycles. The second kappa shape index (κ2) is 11.2. The maximum Gasteiger partial charge on any atom is 0.247 e. The van der Waals surface area contributed by atoms with Crippen LogP contribution in [0.4, 0.5) is 0 Å². The average Bonchev–Trinajstić information content (AvgIpc) is 2.71. The lowest BCUT2D eigenvalue weighted by molar-refractivity contribution is -0.144. The van der Waals surface area contributed by atoms with Gasteiger partial charge in [-0.05, 0) is 17.5 Å². The Morgan fingerprint density at radius 1 is 1.00 bits per heavy atom. The fraction of sp³-hybridized carbons (Fsp3) is 0.391. The first-order valence-corrected chi connectivity index (χ1v) is 9.70. The standard InChI is InChI=1S/C23H30N2O3/c1-18(2)23(27)25(17-19-11-6-4-7-12-19)21(20-13-8-5-9-14-20)22(26)24-15-10-16-28-3/h4-9,11-14,18,21H,10,15-17H2,1-3H3,(H,24,26). The van der Waals surface area contributed by atoms with Crippen LogP contribution in [0.15, 0.2) is 60.7 Å². The minimum Gasteiger partial charge on any atom is -0.385 e. The first-order chi connectivity index (χ1) is 13.5. The van der Waals surface area contributed by atoms with Crippen LogP contribution in [-0.2, 0) is 20.9 Å². The number of nitrogens with one attached hydrogen (secondary N) is 1. The van der Waals surface area contributed by atoms with Crippen LogP contribution < -0.4 is 5.32 Å². The SMILES string of the molecule is COCCCNC(=O)C(c1ccccc1)N(Cc1ccccc1)C(=O)C(C)C. The van der Waals surface area contributed by atoms with Crippen LogP contribution in [0.1, 0.15) is 37.4 Å². The number of methoxy groups -OCH3 is 1. The van der Waals surface area contributed by atoms with E-state index in [4.69, 9.17) is 4.74 Å². The van der Waals surface area contributed by atoms with Gasteiger partial charge >= 0.3 is 0 Å². The normalized spacial score (nSPS) is 11.9. The summed E-state index contributed by atoms with van der Waals surface area (Å²) >= 11 is 0. The summed E-state index contributed by atoms with van der Waals surface area (Å²) in [5.41, 5.74) is 1.79. The highest BCUT2D eigenvalue weighted by atomic mass is 16.5. The number of hydrogen-bond donors (Lipinski definition) is 1. The molecule has 0 heterocycles. The van der Waals surface area contributed by atoms with Crippen molar-refractivity contribution in [3.8, 4) is 0 Å². The Balaban J connectivity index is 2.34. The molecule has 0 aliphatic carbocycles. The van der Waals surface area contributed by atoms with Crippen LogP contribution in [0.3, 0.4) is 0 Å². The van der Waals surface area contributed by atoms with Gasteiger partial charge < -0.3 is 15.0 Å². The Morgan fingerprint density at radius 2 is 1.61 bits per heavy atom. The van der Waals surface area contributed by atoms with Gasteiger partial charge in [0.25, 0.3) is 0 Å². The van der Waals surface area contributed by atoms with Crippen molar-refractivity contribution in [2.24, 2.45) is 5.92 Å². The third kappa shape index (κ3) is 6.20. The lowest BCUT2D eigenvalue weighted by Crippen LogP contribution is -2.45. The Labute approximate surface area is 167 Å². The lowest BCUT2D eigenvalue weighted by Gasteiger charge is -2.33. The van der Waals surface area contributed by atoms with Crippen molar-refractivity contribution in [1.82, 2.24) is 10.2 Å². The molecule has 2 aromatic carbocycles. The largest absolute Gasteiger partial charge is 0.385 e. The van der Waals surface area contributed by atoms with E-state index in [0.29, 0.717) is 19.7 Å². The number of ether oxygens (including phenoxy) is 1. The van der Waals surface area contributed by atoms with Gasteiger partial charge in [-0.25, -0.2) is 0 Å². The summed E-state index contributed by atoms with van der Waals surface area (Å²) in [5.74, 6) is -0.437. The van der Waals surface area contributed by atoms with E-state index in [1.807, 2.05) is 74.5 Å². The predicted molar refractivity (Wildman–Crippen MR) is 111 cm³/mol. The summed E-state index contributed by atoms with van der Waals surface area (Å²) in [5, 5.41) is 2.96. The number of hydrogen-bond acceptors (Lipinski definition) is 3. The number of nitrogens with zero attached hydrogens (tertiary/aromatic N) is 1. The van der Waals surface area contributed by atoms with E-state index < -0.39 is 6.04 Å². The van der Waals surface area contributed by atoms with E-state index in [1.165, 1.54) is 0 Å². The summed E-state index contributed by atoms with van der Waals surface area (Å²) in [6, 6.07) is 18.6. The van der Waals surface area contributed by atoms with Crippen LogP contribution >= 0.6 is 0 Å². The Morgan fingerprint density at radius 3 is 2.18 bits per heavy atom. The van der Waals surface area contributed by atoms with E-state index >= 15 is 0 Å². The third-order valence-electron chi connectivity index (χ3n) is 4.47. The van der Waals surface area contributed by atoms with Gasteiger partial charge in [-0.2, -0.15) is 0 Å². The first-order valence-electron chi connectivity index (χ1n) is 9.70. The lowest BCUT2D eigenvalue weighted by atomic mass is 10.0. The second-order valence-electron chi connectivity index (χ2n) is 7.06. The zero-order valence-corrected chi connectivity index (χ0v) is 16.9. The summed E-state index contributed by atoms with van der Waals surface area (Å²) in [6.07, 6.45) is 0.723. The molecule has 28 heavy (non-hydrogen) atoms. The smallest absolute Gasteiger partial charge is 0.247 e. The van der Waals surface area contributed by atoms with E-state index in [1.54, 1.807) is 12.0 Å². The molecule has 5 nitrogen and oxygen atoms in total. The summed E-state index contributed by atoms with van der Waals surface area (Å²) in [4.78, 5) is 27.9. The number of carbonyl (C=O) groups is 2. The molecule has 2 rings (SSSR count). The zero-order valence-electron chi connectivity index (χ0n) is 16.9. The van der Waals surface area contributed by atoms with Gasteiger partial charge in [0.05, 0.1) is 0 Å². The minimum absolute atomic E-state index is 0.0512. The maximum atomic E-state index is 13.1. The fourth-order valence-corrected chi connectivity index (χ4v) is 3.04. The molecule has 2 amide bonds. The summed E-state index contributed by atoms with van der Waals surface area (Å²) in [7, 11) is 1.64. The van der Waals surface area contributed by atoms with Crippen LogP contribution in [0.2, 0.25) is 0 Å². The van der Waals surface area contributed by atoms with E-state index in [9.17, 15) is 9.59 Å². The van der Waals surface area contributed by atoms with Crippen molar-refractivity contribution in [2.45, 2.75) is 32.9 Å². The molecule has 0 radical (unpaired) electrons. The van der Waals surface area contributed by atoms with Crippen molar-refractivity contribution in [2.75, 3.05) is 20.3 Å². The van der Waals surface area contributed by atoms with Gasteiger partial charge in [-0.1, -0.05) is 74.5 Å². The van der Waals surface area contributed by atoms with Crippen LogP contribution in [-0.4, -0.2) is 37.0 Å². The van der Waals surface area contributed by atoms with Gasteiger partial charge in [0.15, 0.2) is 0 Å². The molecule has 150 valence electrons. The van der Waals surface area contributed by atoms with Crippen LogP contribution in [0, 0.1) is 5.92 Å². The number of rotatable bonds is 10. The second-order valence-corrected chi connectivity index (χ2v) is 7.06. The molecule has 0 spiro atoms. The van der Waals surface area contributed by atoms with Gasteiger partial charge in [0.1, 0.15) is 6.04 Å². The Kier molecular flexibility index (Phi) is 8.69. The third-order valence-corrected chi connectivity index (χ3v) is 4.47. The molecule has 1 N–H and O–H groups in total. The van der Waals surface area contributed by atoms with Crippen molar-refractivity contribution in [3.63, 3.8) is 0 Å². The molecule has 0 fully saturated rings.